The number of piperidine rings is 1. The third kappa shape index (κ3) is 4.68. The van der Waals surface area contributed by atoms with Gasteiger partial charge in [0.05, 0.1) is 26.5 Å². The van der Waals surface area contributed by atoms with E-state index in [2.05, 4.69) is 32.6 Å². The largest absolute Gasteiger partial charge is 0.496 e. The molecule has 1 unspecified atom stereocenters. The molecule has 0 amide bonds. The Kier molecular flexibility index (Phi) is 6.44. The third-order valence-electron chi connectivity index (χ3n) is 6.60. The van der Waals surface area contributed by atoms with Crippen LogP contribution in [0.2, 0.25) is 0 Å². The van der Waals surface area contributed by atoms with Crippen LogP contribution < -0.4 is 9.47 Å². The van der Waals surface area contributed by atoms with E-state index in [1.54, 1.807) is 19.2 Å². The van der Waals surface area contributed by atoms with E-state index in [9.17, 15) is 13.2 Å². The van der Waals surface area contributed by atoms with Gasteiger partial charge in [-0.25, -0.2) is 0 Å². The highest BCUT2D eigenvalue weighted by molar-refractivity contribution is 5.75. The highest BCUT2D eigenvalue weighted by Crippen LogP contribution is 2.40. The first kappa shape index (κ1) is 24.3. The van der Waals surface area contributed by atoms with Crippen molar-refractivity contribution >= 4 is 5.57 Å². The minimum absolute atomic E-state index is 0.186. The van der Waals surface area contributed by atoms with E-state index in [4.69, 9.17) is 14.2 Å². The van der Waals surface area contributed by atoms with Crippen LogP contribution in [0.25, 0.3) is 11.3 Å². The number of benzene rings is 2. The van der Waals surface area contributed by atoms with E-state index >= 15 is 0 Å². The van der Waals surface area contributed by atoms with Gasteiger partial charge in [0.2, 0.25) is 0 Å². The maximum Gasteiger partial charge on any atom is 0.453 e. The van der Waals surface area contributed by atoms with Crippen LogP contribution in [0.15, 0.2) is 48.5 Å². The van der Waals surface area contributed by atoms with E-state index in [0.29, 0.717) is 29.1 Å². The molecule has 0 saturated carbocycles. The van der Waals surface area contributed by atoms with Gasteiger partial charge in [-0.1, -0.05) is 18.2 Å². The molecule has 2 aliphatic heterocycles. The van der Waals surface area contributed by atoms with E-state index in [1.807, 2.05) is 18.2 Å². The van der Waals surface area contributed by atoms with Crippen LogP contribution in [0, 0.1) is 0 Å². The summed E-state index contributed by atoms with van der Waals surface area (Å²) in [5, 5.41) is 9.92. The van der Waals surface area contributed by atoms with Gasteiger partial charge in [-0.2, -0.15) is 17.9 Å². The number of alkyl halides is 3. The molecule has 2 aromatic carbocycles. The summed E-state index contributed by atoms with van der Waals surface area (Å²) in [7, 11) is 3.19. The highest BCUT2D eigenvalue weighted by Gasteiger charge is 2.40. The van der Waals surface area contributed by atoms with E-state index < -0.39 is 17.6 Å². The van der Waals surface area contributed by atoms with Crippen molar-refractivity contribution in [1.82, 2.24) is 25.1 Å². The molecule has 0 aliphatic carbocycles. The van der Waals surface area contributed by atoms with Crippen molar-refractivity contribution in [3.8, 4) is 17.2 Å². The average Bonchev–Trinajstić information content (AvgIpc) is 3.52. The fraction of sp³-hybridized carbons (Fsp3) is 0.400. The maximum atomic E-state index is 13.4. The molecule has 1 saturated heterocycles. The SMILES string of the molecule is COc1ccccc1CN1CCCC2(C=C(c3cc(-n4nnnc4C(F)(F)F)ccc3OC)CO2)C1. The van der Waals surface area contributed by atoms with Crippen LogP contribution in [0.5, 0.6) is 11.5 Å². The predicted molar refractivity (Wildman–Crippen MR) is 125 cm³/mol. The number of hydrogen-bond donors (Lipinski definition) is 0. The molecule has 1 atom stereocenters. The maximum absolute atomic E-state index is 13.4. The molecule has 0 radical (unpaired) electrons. The molecular formula is C25H26F3N5O3. The van der Waals surface area contributed by atoms with Gasteiger partial charge in [0.25, 0.3) is 5.82 Å². The lowest BCUT2D eigenvalue weighted by molar-refractivity contribution is -0.146. The summed E-state index contributed by atoms with van der Waals surface area (Å²) < 4.78 is 58.1. The molecule has 0 bridgehead atoms. The van der Waals surface area contributed by atoms with Crippen LogP contribution >= 0.6 is 0 Å². The molecular weight excluding hydrogens is 475 g/mol. The Morgan fingerprint density at radius 2 is 1.89 bits per heavy atom. The lowest BCUT2D eigenvalue weighted by Gasteiger charge is -2.39. The Labute approximate surface area is 206 Å². The summed E-state index contributed by atoms with van der Waals surface area (Å²) in [6, 6.07) is 12.7. The first-order valence-electron chi connectivity index (χ1n) is 11.6. The molecule has 0 N–H and O–H groups in total. The summed E-state index contributed by atoms with van der Waals surface area (Å²) in [6.45, 7) is 2.69. The zero-order valence-electron chi connectivity index (χ0n) is 20.0. The zero-order valence-corrected chi connectivity index (χ0v) is 20.0. The van der Waals surface area contributed by atoms with Crippen molar-refractivity contribution in [1.29, 1.82) is 0 Å². The minimum atomic E-state index is -4.68. The van der Waals surface area contributed by atoms with Gasteiger partial charge < -0.3 is 14.2 Å². The number of aromatic nitrogens is 4. The second-order valence-electron chi connectivity index (χ2n) is 8.95. The smallest absolute Gasteiger partial charge is 0.453 e. The highest BCUT2D eigenvalue weighted by atomic mass is 19.4. The number of methoxy groups -OCH3 is 2. The molecule has 1 spiro atoms. The van der Waals surface area contributed by atoms with Gasteiger partial charge in [-0.3, -0.25) is 4.90 Å². The quantitative estimate of drug-likeness (QED) is 0.503. The summed E-state index contributed by atoms with van der Waals surface area (Å²) in [4.78, 5) is 2.34. The molecule has 1 aromatic heterocycles. The Bertz CT molecular complexity index is 1280. The predicted octanol–water partition coefficient (Wildman–Crippen LogP) is 4.15. The number of hydrogen-bond acceptors (Lipinski definition) is 7. The first-order valence-corrected chi connectivity index (χ1v) is 11.6. The Hall–Kier alpha value is -3.44. The molecule has 36 heavy (non-hydrogen) atoms. The third-order valence-corrected chi connectivity index (χ3v) is 6.60. The molecule has 190 valence electrons. The Morgan fingerprint density at radius 1 is 1.08 bits per heavy atom. The summed E-state index contributed by atoms with van der Waals surface area (Å²) in [5.74, 6) is 0.197. The van der Waals surface area contributed by atoms with Crippen molar-refractivity contribution in [3.63, 3.8) is 0 Å². The van der Waals surface area contributed by atoms with Gasteiger partial charge in [-0.15, -0.1) is 5.10 Å². The van der Waals surface area contributed by atoms with Crippen molar-refractivity contribution in [2.45, 2.75) is 31.2 Å². The fourth-order valence-corrected chi connectivity index (χ4v) is 4.98. The van der Waals surface area contributed by atoms with Gasteiger partial charge in [0, 0.05) is 24.2 Å². The van der Waals surface area contributed by atoms with Gasteiger partial charge in [0.1, 0.15) is 17.1 Å². The standard InChI is InChI=1S/C25H26F3N5O3/c1-34-21-7-4-3-6-17(21)14-32-11-5-10-24(16-32)13-18(15-36-24)20-12-19(8-9-22(20)35-2)33-23(25(26,27)28)29-30-31-33/h3-4,6-9,12-13H,5,10-11,14-16H2,1-2H3. The van der Waals surface area contributed by atoms with Crippen molar-refractivity contribution in [2.75, 3.05) is 33.9 Å². The molecule has 8 nitrogen and oxygen atoms in total. The van der Waals surface area contributed by atoms with Crippen LogP contribution in [0.4, 0.5) is 13.2 Å². The molecule has 5 rings (SSSR count). The zero-order chi connectivity index (χ0) is 25.3. The molecule has 1 fully saturated rings. The summed E-state index contributed by atoms with van der Waals surface area (Å²) in [5.41, 5.74) is 2.32. The molecule has 2 aliphatic rings. The number of rotatable bonds is 6. The van der Waals surface area contributed by atoms with Crippen molar-refractivity contribution in [3.05, 3.63) is 65.5 Å². The van der Waals surface area contributed by atoms with Gasteiger partial charge in [0.15, 0.2) is 0 Å². The number of tetrazole rings is 1. The Morgan fingerprint density at radius 3 is 2.67 bits per heavy atom. The van der Waals surface area contributed by atoms with Crippen LogP contribution in [-0.2, 0) is 17.5 Å². The summed E-state index contributed by atoms with van der Waals surface area (Å²) in [6.07, 6.45) is -0.786. The average molecular weight is 502 g/mol. The lowest BCUT2D eigenvalue weighted by Crippen LogP contribution is -2.46. The molecule has 3 heterocycles. The normalized spacial score (nSPS) is 20.5. The van der Waals surface area contributed by atoms with Gasteiger partial charge in [-0.05, 0) is 65.7 Å². The number of likely N-dealkylation sites (tertiary alicyclic amines) is 1. The minimum Gasteiger partial charge on any atom is -0.496 e. The molecule has 11 heteroatoms. The second kappa shape index (κ2) is 9.55. The second-order valence-corrected chi connectivity index (χ2v) is 8.95. The molecule has 3 aromatic rings. The lowest BCUT2D eigenvalue weighted by atomic mass is 9.90. The number of halogens is 3. The summed E-state index contributed by atoms with van der Waals surface area (Å²) >= 11 is 0. The number of nitrogens with zero attached hydrogens (tertiary/aromatic N) is 5. The van der Waals surface area contributed by atoms with E-state index in [1.165, 1.54) is 13.2 Å². The van der Waals surface area contributed by atoms with E-state index in [0.717, 1.165) is 42.8 Å². The van der Waals surface area contributed by atoms with Crippen LogP contribution in [0.1, 0.15) is 29.8 Å². The van der Waals surface area contributed by atoms with Crippen molar-refractivity contribution < 1.29 is 27.4 Å². The van der Waals surface area contributed by atoms with Crippen molar-refractivity contribution in [2.24, 2.45) is 0 Å². The number of para-hydroxylation sites is 1. The van der Waals surface area contributed by atoms with Crippen LogP contribution in [-0.4, -0.2) is 64.6 Å². The fourth-order valence-electron chi connectivity index (χ4n) is 4.98. The van der Waals surface area contributed by atoms with E-state index in [-0.39, 0.29) is 5.69 Å². The van der Waals surface area contributed by atoms with Crippen LogP contribution in [0.3, 0.4) is 0 Å². The monoisotopic (exact) mass is 501 g/mol. The topological polar surface area (TPSA) is 74.5 Å². The van der Waals surface area contributed by atoms with Gasteiger partial charge >= 0.3 is 6.18 Å². The first-order chi connectivity index (χ1) is 17.3. The Balaban J connectivity index is 1.43. The number of ether oxygens (including phenoxy) is 3.